The van der Waals surface area contributed by atoms with Gasteiger partial charge in [0, 0.05) is 45.8 Å². The maximum atomic E-state index is 13.2. The Bertz CT molecular complexity index is 1690. The van der Waals surface area contributed by atoms with E-state index in [1.807, 2.05) is 18.2 Å². The summed E-state index contributed by atoms with van der Waals surface area (Å²) in [5, 5.41) is 11.9. The molecule has 0 bridgehead atoms. The Morgan fingerprint density at radius 2 is 1.84 bits per heavy atom. The van der Waals surface area contributed by atoms with Crippen LogP contribution < -0.4 is 5.32 Å². The minimum atomic E-state index is -4.69. The molecule has 0 spiro atoms. The standard InChI is InChI=1S/C27H14ClF3N4OS/c28-21-7-6-16(10-20(21)27(29,30)31)26(36)35-19-5-1-3-15(9-19)24-18(12-32)14-34-22-11-23(37-25(22)24)17-4-2-8-33-13-17/h1-11,13-14H,(H,35,36). The SMILES string of the molecule is N#Cc1cnc2cc(-c3cccnc3)sc2c1-c1cccc(NC(=O)c2ccc(Cl)c(C(F)(F)F)c2)c1. The lowest BCUT2D eigenvalue weighted by Gasteiger charge is -2.12. The second-order valence-corrected chi connectivity index (χ2v) is 9.41. The van der Waals surface area contributed by atoms with E-state index in [9.17, 15) is 23.2 Å². The lowest BCUT2D eigenvalue weighted by molar-refractivity contribution is -0.137. The van der Waals surface area contributed by atoms with Crippen molar-refractivity contribution in [3.63, 3.8) is 0 Å². The molecule has 182 valence electrons. The molecular weight excluding hydrogens is 521 g/mol. The zero-order valence-corrected chi connectivity index (χ0v) is 20.2. The van der Waals surface area contributed by atoms with Crippen LogP contribution in [0.5, 0.6) is 0 Å². The van der Waals surface area contributed by atoms with Crippen LogP contribution in [-0.4, -0.2) is 15.9 Å². The van der Waals surface area contributed by atoms with Crippen molar-refractivity contribution in [1.82, 2.24) is 9.97 Å². The van der Waals surface area contributed by atoms with Gasteiger partial charge < -0.3 is 5.32 Å². The molecule has 0 atom stereocenters. The number of aromatic nitrogens is 2. The molecule has 0 saturated heterocycles. The average Bonchev–Trinajstić information content (AvgIpc) is 3.32. The smallest absolute Gasteiger partial charge is 0.322 e. The molecule has 0 saturated carbocycles. The molecule has 0 aliphatic carbocycles. The van der Waals surface area contributed by atoms with Crippen LogP contribution in [-0.2, 0) is 6.18 Å². The molecule has 0 aliphatic rings. The summed E-state index contributed by atoms with van der Waals surface area (Å²) in [4.78, 5) is 22.3. The van der Waals surface area contributed by atoms with Crippen molar-refractivity contribution in [3.05, 3.63) is 101 Å². The molecule has 3 heterocycles. The first-order chi connectivity index (χ1) is 17.7. The first-order valence-corrected chi connectivity index (χ1v) is 12.0. The molecule has 0 aliphatic heterocycles. The Morgan fingerprint density at radius 1 is 1.03 bits per heavy atom. The number of carbonyl (C=O) groups is 1. The number of halogens is 4. The van der Waals surface area contributed by atoms with Gasteiger partial charge in [0.2, 0.25) is 0 Å². The highest BCUT2D eigenvalue weighted by atomic mass is 35.5. The Hall–Kier alpha value is -4.26. The summed E-state index contributed by atoms with van der Waals surface area (Å²) in [5.41, 5.74) is 2.33. The number of carbonyl (C=O) groups excluding carboxylic acids is 1. The topological polar surface area (TPSA) is 78.7 Å². The van der Waals surface area contributed by atoms with Gasteiger partial charge in [-0.3, -0.25) is 14.8 Å². The molecule has 37 heavy (non-hydrogen) atoms. The fourth-order valence-electron chi connectivity index (χ4n) is 3.84. The number of nitrogens with one attached hydrogen (secondary N) is 1. The first-order valence-electron chi connectivity index (χ1n) is 10.8. The number of nitrogens with zero attached hydrogens (tertiary/aromatic N) is 3. The van der Waals surface area contributed by atoms with Crippen LogP contribution in [0.25, 0.3) is 31.8 Å². The van der Waals surface area contributed by atoms with Gasteiger partial charge in [-0.25, -0.2) is 0 Å². The van der Waals surface area contributed by atoms with Crippen LogP contribution in [0.3, 0.4) is 0 Å². The molecule has 5 nitrogen and oxygen atoms in total. The Labute approximate surface area is 217 Å². The van der Waals surface area contributed by atoms with E-state index in [0.29, 0.717) is 34.0 Å². The van der Waals surface area contributed by atoms with Crippen LogP contribution in [0.15, 0.2) is 79.3 Å². The summed E-state index contributed by atoms with van der Waals surface area (Å²) in [6.45, 7) is 0. The summed E-state index contributed by atoms with van der Waals surface area (Å²) >= 11 is 7.13. The van der Waals surface area contributed by atoms with Crippen molar-refractivity contribution >= 4 is 44.7 Å². The van der Waals surface area contributed by atoms with Gasteiger partial charge >= 0.3 is 6.18 Å². The maximum Gasteiger partial charge on any atom is 0.417 e. The van der Waals surface area contributed by atoms with E-state index >= 15 is 0 Å². The quantitative estimate of drug-likeness (QED) is 0.255. The number of amides is 1. The van der Waals surface area contributed by atoms with Crippen molar-refractivity contribution in [2.24, 2.45) is 0 Å². The number of hydrogen-bond acceptors (Lipinski definition) is 5. The van der Waals surface area contributed by atoms with E-state index in [4.69, 9.17) is 11.6 Å². The lowest BCUT2D eigenvalue weighted by atomic mass is 10.0. The van der Waals surface area contributed by atoms with Crippen molar-refractivity contribution in [2.75, 3.05) is 5.32 Å². The molecule has 1 N–H and O–H groups in total. The second kappa shape index (κ2) is 9.65. The first kappa shape index (κ1) is 24.4. The molecule has 1 amide bonds. The van der Waals surface area contributed by atoms with Gasteiger partial charge in [0.05, 0.1) is 26.4 Å². The second-order valence-electron chi connectivity index (χ2n) is 7.95. The van der Waals surface area contributed by atoms with Gasteiger partial charge in [-0.2, -0.15) is 18.4 Å². The highest BCUT2D eigenvalue weighted by Gasteiger charge is 2.33. The number of thiophene rings is 1. The monoisotopic (exact) mass is 534 g/mol. The Morgan fingerprint density at radius 3 is 2.57 bits per heavy atom. The number of anilines is 1. The third-order valence-corrected chi connectivity index (χ3v) is 7.07. The third-order valence-electron chi connectivity index (χ3n) is 5.55. The van der Waals surface area contributed by atoms with Crippen molar-refractivity contribution in [1.29, 1.82) is 5.26 Å². The van der Waals surface area contributed by atoms with Crippen LogP contribution in [0, 0.1) is 11.3 Å². The highest BCUT2D eigenvalue weighted by Crippen LogP contribution is 2.40. The average molecular weight is 535 g/mol. The molecule has 3 aromatic heterocycles. The van der Waals surface area contributed by atoms with Gasteiger partial charge in [-0.05, 0) is 48.0 Å². The Kier molecular flexibility index (Phi) is 6.38. The zero-order chi connectivity index (χ0) is 26.2. The number of alkyl halides is 3. The van der Waals surface area contributed by atoms with E-state index in [0.717, 1.165) is 21.2 Å². The van der Waals surface area contributed by atoms with E-state index in [1.54, 1.807) is 36.7 Å². The van der Waals surface area contributed by atoms with E-state index in [1.165, 1.54) is 23.6 Å². The molecular formula is C27H14ClF3N4OS. The molecule has 2 aromatic carbocycles. The number of hydrogen-bond donors (Lipinski definition) is 1. The summed E-state index contributed by atoms with van der Waals surface area (Å²) in [6.07, 6.45) is 0.229. The minimum Gasteiger partial charge on any atom is -0.322 e. The molecule has 0 fully saturated rings. The van der Waals surface area contributed by atoms with Crippen molar-refractivity contribution in [3.8, 4) is 27.6 Å². The van der Waals surface area contributed by atoms with Gasteiger partial charge in [-0.15, -0.1) is 11.3 Å². The summed E-state index contributed by atoms with van der Waals surface area (Å²) < 4.78 is 40.4. The van der Waals surface area contributed by atoms with Crippen LogP contribution in [0.4, 0.5) is 18.9 Å². The van der Waals surface area contributed by atoms with E-state index < -0.39 is 22.7 Å². The fourth-order valence-corrected chi connectivity index (χ4v) is 5.24. The number of rotatable bonds is 4. The predicted octanol–water partition coefficient (Wildman–Crippen LogP) is 7.82. The van der Waals surface area contributed by atoms with E-state index in [-0.39, 0.29) is 5.56 Å². The third kappa shape index (κ3) is 4.89. The molecule has 5 aromatic rings. The summed E-state index contributed by atoms with van der Waals surface area (Å²) in [5.74, 6) is -0.727. The largest absolute Gasteiger partial charge is 0.417 e. The van der Waals surface area contributed by atoms with Crippen LogP contribution >= 0.6 is 22.9 Å². The van der Waals surface area contributed by atoms with E-state index in [2.05, 4.69) is 21.4 Å². The predicted molar refractivity (Wildman–Crippen MR) is 137 cm³/mol. The maximum absolute atomic E-state index is 13.2. The normalized spacial score (nSPS) is 11.3. The van der Waals surface area contributed by atoms with Crippen molar-refractivity contribution < 1.29 is 18.0 Å². The molecule has 0 unspecified atom stereocenters. The Balaban J connectivity index is 1.53. The van der Waals surface area contributed by atoms with Gasteiger partial charge in [-0.1, -0.05) is 29.8 Å². The summed E-state index contributed by atoms with van der Waals surface area (Å²) in [6, 6.07) is 17.6. The minimum absolute atomic E-state index is 0.189. The number of benzene rings is 2. The van der Waals surface area contributed by atoms with Gasteiger partial charge in [0.25, 0.3) is 5.91 Å². The van der Waals surface area contributed by atoms with Gasteiger partial charge in [0.1, 0.15) is 6.07 Å². The van der Waals surface area contributed by atoms with Crippen molar-refractivity contribution in [2.45, 2.75) is 6.18 Å². The molecule has 10 heteroatoms. The molecule has 0 radical (unpaired) electrons. The number of fused-ring (bicyclic) bond motifs is 1. The number of nitriles is 1. The fraction of sp³-hybridized carbons (Fsp3) is 0.0370. The summed E-state index contributed by atoms with van der Waals surface area (Å²) in [7, 11) is 0. The van der Waals surface area contributed by atoms with Gasteiger partial charge in [0.15, 0.2) is 0 Å². The number of pyridine rings is 2. The highest BCUT2D eigenvalue weighted by molar-refractivity contribution is 7.22. The van der Waals surface area contributed by atoms with Crippen LogP contribution in [0.2, 0.25) is 5.02 Å². The van der Waals surface area contributed by atoms with Crippen LogP contribution in [0.1, 0.15) is 21.5 Å². The molecule has 5 rings (SSSR count). The lowest BCUT2D eigenvalue weighted by Crippen LogP contribution is -2.14. The zero-order valence-electron chi connectivity index (χ0n) is 18.7.